The van der Waals surface area contributed by atoms with Gasteiger partial charge in [-0.1, -0.05) is 13.0 Å². The fourth-order valence-electron chi connectivity index (χ4n) is 2.91. The molecule has 0 spiro atoms. The summed E-state index contributed by atoms with van der Waals surface area (Å²) in [6.45, 7) is 10.0. The van der Waals surface area contributed by atoms with E-state index >= 15 is 0 Å². The molecule has 26 heavy (non-hydrogen) atoms. The quantitative estimate of drug-likeness (QED) is 0.796. The van der Waals surface area contributed by atoms with Crippen LogP contribution < -0.4 is 16.2 Å². The van der Waals surface area contributed by atoms with Crippen molar-refractivity contribution in [2.24, 2.45) is 0 Å². The number of carbonyl (C=O) groups excluding carboxylic acids is 1. The van der Waals surface area contributed by atoms with Gasteiger partial charge in [0.25, 0.3) is 0 Å². The zero-order valence-electron chi connectivity index (χ0n) is 16.1. The Morgan fingerprint density at radius 1 is 1.23 bits per heavy atom. The van der Waals surface area contributed by atoms with Gasteiger partial charge >= 0.3 is 6.09 Å². The molecule has 6 heteroatoms. The second-order valence-corrected chi connectivity index (χ2v) is 7.40. The van der Waals surface area contributed by atoms with Crippen molar-refractivity contribution in [1.82, 2.24) is 9.88 Å². The van der Waals surface area contributed by atoms with E-state index in [4.69, 9.17) is 16.2 Å². The van der Waals surface area contributed by atoms with E-state index in [-0.39, 0.29) is 17.5 Å². The Morgan fingerprint density at radius 3 is 2.50 bits per heavy atom. The number of nitrogens with zero attached hydrogens (tertiary/aromatic N) is 2. The molecule has 0 aliphatic carbocycles. The van der Waals surface area contributed by atoms with E-state index < -0.39 is 6.09 Å². The predicted octanol–water partition coefficient (Wildman–Crippen LogP) is 4.31. The number of anilines is 2. The van der Waals surface area contributed by atoms with Crippen molar-refractivity contribution in [2.45, 2.75) is 52.6 Å². The van der Waals surface area contributed by atoms with Gasteiger partial charge in [0.05, 0.1) is 0 Å². The van der Waals surface area contributed by atoms with E-state index in [1.807, 2.05) is 46.8 Å². The van der Waals surface area contributed by atoms with E-state index in [1.165, 1.54) is 0 Å². The fraction of sp³-hybridized carbons (Fsp3) is 0.400. The minimum atomic E-state index is -0.415. The molecule has 140 valence electrons. The summed E-state index contributed by atoms with van der Waals surface area (Å²) in [7, 11) is 0. The Morgan fingerprint density at radius 2 is 1.92 bits per heavy atom. The van der Waals surface area contributed by atoms with Crippen LogP contribution in [0.15, 0.2) is 36.5 Å². The van der Waals surface area contributed by atoms with E-state index in [0.29, 0.717) is 11.4 Å². The number of amides is 1. The third-order valence-electron chi connectivity index (χ3n) is 4.26. The maximum absolute atomic E-state index is 12.7. The van der Waals surface area contributed by atoms with Crippen molar-refractivity contribution in [3.05, 3.63) is 36.5 Å². The fourth-order valence-corrected chi connectivity index (χ4v) is 2.91. The molecule has 0 saturated carbocycles. The van der Waals surface area contributed by atoms with Crippen LogP contribution in [0.25, 0.3) is 11.1 Å². The summed E-state index contributed by atoms with van der Waals surface area (Å²) in [5.41, 5.74) is 14.2. The first-order valence-corrected chi connectivity index (χ1v) is 8.76. The van der Waals surface area contributed by atoms with Crippen LogP contribution in [0.3, 0.4) is 0 Å². The van der Waals surface area contributed by atoms with Gasteiger partial charge in [0.2, 0.25) is 5.88 Å². The number of carbonyl (C=O) groups is 1. The molecule has 1 aromatic heterocycles. The molecule has 0 saturated heterocycles. The SMILES string of the molecule is CC[C@H](C)N(C(=O)Oc1cc(-c2ccc(N)cc2N)ccn1)C(C)(C)C. The summed E-state index contributed by atoms with van der Waals surface area (Å²) in [6, 6.07) is 8.89. The van der Waals surface area contributed by atoms with Crippen molar-refractivity contribution < 1.29 is 9.53 Å². The number of benzene rings is 1. The van der Waals surface area contributed by atoms with Gasteiger partial charge in [0, 0.05) is 40.8 Å². The average molecular weight is 356 g/mol. The molecular formula is C20H28N4O2. The lowest BCUT2D eigenvalue weighted by atomic mass is 10.0. The molecule has 0 aliphatic heterocycles. The maximum Gasteiger partial charge on any atom is 0.417 e. The lowest BCUT2D eigenvalue weighted by molar-refractivity contribution is 0.0788. The highest BCUT2D eigenvalue weighted by Gasteiger charge is 2.32. The molecule has 0 radical (unpaired) electrons. The molecule has 2 rings (SSSR count). The summed E-state index contributed by atoms with van der Waals surface area (Å²) >= 11 is 0. The number of nitrogen functional groups attached to an aromatic ring is 2. The highest BCUT2D eigenvalue weighted by atomic mass is 16.6. The Kier molecular flexibility index (Phi) is 5.75. The molecule has 4 N–H and O–H groups in total. The van der Waals surface area contributed by atoms with Crippen LogP contribution in [0, 0.1) is 0 Å². The molecule has 1 aromatic carbocycles. The summed E-state index contributed by atoms with van der Waals surface area (Å²) in [5.74, 6) is 0.237. The maximum atomic E-state index is 12.7. The predicted molar refractivity (Wildman–Crippen MR) is 106 cm³/mol. The molecule has 1 heterocycles. The van der Waals surface area contributed by atoms with Crippen LogP contribution in [-0.2, 0) is 0 Å². The van der Waals surface area contributed by atoms with Gasteiger partial charge in [-0.15, -0.1) is 0 Å². The van der Waals surface area contributed by atoms with Gasteiger partial charge in [-0.05, 0) is 57.9 Å². The molecule has 0 fully saturated rings. The number of rotatable bonds is 4. The summed E-state index contributed by atoms with van der Waals surface area (Å²) in [6.07, 6.45) is 2.02. The molecule has 0 aliphatic rings. The minimum absolute atomic E-state index is 0.0541. The van der Waals surface area contributed by atoms with Gasteiger partial charge in [-0.2, -0.15) is 0 Å². The van der Waals surface area contributed by atoms with Crippen LogP contribution in [0.5, 0.6) is 5.88 Å². The average Bonchev–Trinajstić information content (AvgIpc) is 2.53. The van der Waals surface area contributed by atoms with Gasteiger partial charge in [-0.25, -0.2) is 9.78 Å². The normalized spacial score (nSPS) is 12.5. The summed E-state index contributed by atoms with van der Waals surface area (Å²) in [4.78, 5) is 18.6. The lowest BCUT2D eigenvalue weighted by Crippen LogP contribution is -2.51. The molecule has 0 unspecified atom stereocenters. The third kappa shape index (κ3) is 4.45. The Hall–Kier alpha value is -2.76. The Balaban J connectivity index is 2.29. The molecule has 6 nitrogen and oxygen atoms in total. The monoisotopic (exact) mass is 356 g/mol. The zero-order valence-corrected chi connectivity index (χ0v) is 16.1. The first kappa shape index (κ1) is 19.6. The first-order valence-electron chi connectivity index (χ1n) is 8.76. The van der Waals surface area contributed by atoms with Gasteiger partial charge in [0.1, 0.15) is 0 Å². The molecular weight excluding hydrogens is 328 g/mol. The van der Waals surface area contributed by atoms with Crippen molar-refractivity contribution in [3.63, 3.8) is 0 Å². The van der Waals surface area contributed by atoms with Crippen molar-refractivity contribution in [2.75, 3.05) is 11.5 Å². The van der Waals surface area contributed by atoms with E-state index in [1.54, 1.807) is 29.3 Å². The minimum Gasteiger partial charge on any atom is -0.399 e. The highest BCUT2D eigenvalue weighted by Crippen LogP contribution is 2.29. The Bertz CT molecular complexity index is 784. The molecule has 1 amide bonds. The molecule has 2 aromatic rings. The van der Waals surface area contributed by atoms with Gasteiger partial charge in [0.15, 0.2) is 0 Å². The van der Waals surface area contributed by atoms with Crippen LogP contribution in [0.2, 0.25) is 0 Å². The van der Waals surface area contributed by atoms with E-state index in [2.05, 4.69) is 4.98 Å². The second-order valence-electron chi connectivity index (χ2n) is 7.40. The number of aromatic nitrogens is 1. The Labute approximate surface area is 155 Å². The van der Waals surface area contributed by atoms with Crippen molar-refractivity contribution in [3.8, 4) is 17.0 Å². The topological polar surface area (TPSA) is 94.5 Å². The zero-order chi connectivity index (χ0) is 19.5. The van der Waals surface area contributed by atoms with Crippen LogP contribution in [0.1, 0.15) is 41.0 Å². The number of pyridine rings is 1. The largest absolute Gasteiger partial charge is 0.417 e. The van der Waals surface area contributed by atoms with Gasteiger partial charge < -0.3 is 21.1 Å². The smallest absolute Gasteiger partial charge is 0.399 e. The number of nitrogens with two attached hydrogens (primary N) is 2. The van der Waals surface area contributed by atoms with Gasteiger partial charge in [-0.3, -0.25) is 0 Å². The third-order valence-corrected chi connectivity index (χ3v) is 4.26. The highest BCUT2D eigenvalue weighted by molar-refractivity contribution is 5.79. The van der Waals surface area contributed by atoms with Crippen molar-refractivity contribution in [1.29, 1.82) is 0 Å². The van der Waals surface area contributed by atoms with E-state index in [0.717, 1.165) is 17.5 Å². The number of ether oxygens (including phenoxy) is 1. The number of hydrogen-bond donors (Lipinski definition) is 2. The van der Waals surface area contributed by atoms with E-state index in [9.17, 15) is 4.79 Å². The van der Waals surface area contributed by atoms with Crippen LogP contribution in [0.4, 0.5) is 16.2 Å². The lowest BCUT2D eigenvalue weighted by Gasteiger charge is -2.38. The molecule has 0 bridgehead atoms. The standard InChI is InChI=1S/C20H28N4O2/c1-6-13(2)24(20(3,4)5)19(25)26-18-11-14(9-10-23-18)16-8-7-15(21)12-17(16)22/h7-13H,6,21-22H2,1-5H3/t13-/m0/s1. The second kappa shape index (κ2) is 7.64. The molecule has 1 atom stereocenters. The number of hydrogen-bond acceptors (Lipinski definition) is 5. The summed E-state index contributed by atoms with van der Waals surface area (Å²) < 4.78 is 5.56. The first-order chi connectivity index (χ1) is 12.1. The van der Waals surface area contributed by atoms with Crippen LogP contribution in [-0.4, -0.2) is 27.6 Å². The van der Waals surface area contributed by atoms with Crippen molar-refractivity contribution >= 4 is 17.5 Å². The summed E-state index contributed by atoms with van der Waals surface area (Å²) in [5, 5.41) is 0. The van der Waals surface area contributed by atoms with Crippen LogP contribution >= 0.6 is 0 Å².